The van der Waals surface area contributed by atoms with Crippen molar-refractivity contribution in [3.8, 4) is 0 Å². The van der Waals surface area contributed by atoms with Crippen LogP contribution in [0.5, 0.6) is 0 Å². The average molecular weight is 451 g/mol. The molecule has 0 unspecified atom stereocenters. The second-order valence-corrected chi connectivity index (χ2v) is 6.94. The van der Waals surface area contributed by atoms with Gasteiger partial charge in [0.25, 0.3) is 11.4 Å². The summed E-state index contributed by atoms with van der Waals surface area (Å²) in [4.78, 5) is 21.8. The lowest BCUT2D eigenvalue weighted by Crippen LogP contribution is -1.99. The van der Waals surface area contributed by atoms with Gasteiger partial charge in [0.1, 0.15) is 0 Å². The Morgan fingerprint density at radius 1 is 0.759 bits per heavy atom. The van der Waals surface area contributed by atoms with Gasteiger partial charge in [-0.2, -0.15) is 0 Å². The molecule has 0 bridgehead atoms. The molecule has 3 aromatic carbocycles. The lowest BCUT2D eigenvalue weighted by molar-refractivity contribution is -0.394. The van der Waals surface area contributed by atoms with Crippen molar-refractivity contribution in [3.63, 3.8) is 0 Å². The van der Waals surface area contributed by atoms with Gasteiger partial charge in [-0.3, -0.25) is 20.2 Å². The van der Waals surface area contributed by atoms with E-state index in [2.05, 4.69) is 15.9 Å². The zero-order chi connectivity index (χ0) is 20.8. The smallest absolute Gasteiger partial charge is 0.258 e. The zero-order valence-electron chi connectivity index (χ0n) is 15.1. The topological polar surface area (TPSA) is 86.3 Å². The average Bonchev–Trinajstić information content (AvgIpc) is 2.72. The van der Waals surface area contributed by atoms with Crippen molar-refractivity contribution in [2.45, 2.75) is 0 Å². The van der Waals surface area contributed by atoms with Crippen LogP contribution in [-0.4, -0.2) is 9.85 Å². The first-order valence-corrected chi connectivity index (χ1v) is 9.37. The third-order valence-corrected chi connectivity index (χ3v) is 4.80. The lowest BCUT2D eigenvalue weighted by atomic mass is 10.0. The van der Waals surface area contributed by atoms with E-state index in [1.54, 1.807) is 18.2 Å². The number of hydrogen-bond donors (Lipinski definition) is 0. The van der Waals surface area contributed by atoms with Gasteiger partial charge in [-0.15, -0.1) is 0 Å². The van der Waals surface area contributed by atoms with Crippen LogP contribution in [0.4, 0.5) is 11.4 Å². The van der Waals surface area contributed by atoms with Crippen LogP contribution in [0, 0.1) is 20.2 Å². The second-order valence-electron chi connectivity index (χ2n) is 6.09. The van der Waals surface area contributed by atoms with Crippen molar-refractivity contribution in [1.29, 1.82) is 0 Å². The standard InChI is InChI=1S/C22H15BrN2O4/c23-20(13-17-9-5-2-6-10-17)19-14-18(12-11-16-7-3-1-4-8-16)21(24(26)27)15-22(19)25(28)29/h1-15H/b12-11-,20-13?. The Morgan fingerprint density at radius 2 is 1.31 bits per heavy atom. The molecule has 0 amide bonds. The Kier molecular flexibility index (Phi) is 6.31. The number of rotatable bonds is 6. The fraction of sp³-hybridized carbons (Fsp3) is 0. The number of hydrogen-bond acceptors (Lipinski definition) is 4. The van der Waals surface area contributed by atoms with E-state index in [1.807, 2.05) is 60.7 Å². The van der Waals surface area contributed by atoms with Crippen LogP contribution in [0.25, 0.3) is 22.7 Å². The molecule has 3 aromatic rings. The molecule has 6 nitrogen and oxygen atoms in total. The van der Waals surface area contributed by atoms with E-state index in [9.17, 15) is 20.2 Å². The number of nitro groups is 2. The highest BCUT2D eigenvalue weighted by molar-refractivity contribution is 9.15. The second kappa shape index (κ2) is 9.07. The lowest BCUT2D eigenvalue weighted by Gasteiger charge is -2.06. The van der Waals surface area contributed by atoms with E-state index in [1.165, 1.54) is 6.07 Å². The number of benzene rings is 3. The maximum atomic E-state index is 11.6. The van der Waals surface area contributed by atoms with Gasteiger partial charge in [0.2, 0.25) is 0 Å². The van der Waals surface area contributed by atoms with Crippen LogP contribution in [0.15, 0.2) is 72.8 Å². The molecule has 29 heavy (non-hydrogen) atoms. The highest BCUT2D eigenvalue weighted by Crippen LogP contribution is 2.37. The molecule has 3 rings (SSSR count). The van der Waals surface area contributed by atoms with Crippen LogP contribution in [0.1, 0.15) is 22.3 Å². The predicted octanol–water partition coefficient (Wildman–Crippen LogP) is 6.57. The van der Waals surface area contributed by atoms with Gasteiger partial charge in [-0.1, -0.05) is 66.7 Å². The Balaban J connectivity index is 2.14. The fourth-order valence-electron chi connectivity index (χ4n) is 2.75. The minimum Gasteiger partial charge on any atom is -0.258 e. The van der Waals surface area contributed by atoms with Crippen molar-refractivity contribution in [2.24, 2.45) is 0 Å². The Morgan fingerprint density at radius 3 is 1.86 bits per heavy atom. The third-order valence-electron chi connectivity index (χ3n) is 4.14. The summed E-state index contributed by atoms with van der Waals surface area (Å²) < 4.78 is 0.458. The molecular formula is C22H15BrN2O4. The minimum absolute atomic E-state index is 0.261. The summed E-state index contributed by atoms with van der Waals surface area (Å²) in [5.74, 6) is 0. The molecule has 7 heteroatoms. The SMILES string of the molecule is O=[N+]([O-])c1cc([N+](=O)[O-])c(C(Br)=Cc2ccccc2)cc1/C=C\c1ccccc1. The van der Waals surface area contributed by atoms with Crippen molar-refractivity contribution < 1.29 is 9.85 Å². The van der Waals surface area contributed by atoms with Gasteiger partial charge < -0.3 is 0 Å². The molecule has 0 spiro atoms. The summed E-state index contributed by atoms with van der Waals surface area (Å²) in [5.41, 5.74) is 1.57. The molecule has 0 N–H and O–H groups in total. The maximum Gasteiger partial charge on any atom is 0.284 e. The van der Waals surface area contributed by atoms with E-state index in [0.717, 1.165) is 17.2 Å². The molecule has 0 saturated heterocycles. The van der Waals surface area contributed by atoms with E-state index < -0.39 is 9.85 Å². The van der Waals surface area contributed by atoms with Crippen molar-refractivity contribution in [3.05, 3.63) is 115 Å². The highest BCUT2D eigenvalue weighted by atomic mass is 79.9. The highest BCUT2D eigenvalue weighted by Gasteiger charge is 2.24. The van der Waals surface area contributed by atoms with Crippen LogP contribution in [0.3, 0.4) is 0 Å². The van der Waals surface area contributed by atoms with E-state index >= 15 is 0 Å². The third kappa shape index (κ3) is 5.03. The molecule has 0 aliphatic rings. The largest absolute Gasteiger partial charge is 0.284 e. The molecular weight excluding hydrogens is 436 g/mol. The first kappa shape index (κ1) is 20.2. The van der Waals surface area contributed by atoms with Gasteiger partial charge in [0.05, 0.1) is 27.0 Å². The van der Waals surface area contributed by atoms with E-state index in [0.29, 0.717) is 4.48 Å². The summed E-state index contributed by atoms with van der Waals surface area (Å²) >= 11 is 3.40. The summed E-state index contributed by atoms with van der Waals surface area (Å²) in [7, 11) is 0. The molecule has 0 aliphatic carbocycles. The van der Waals surface area contributed by atoms with E-state index in [4.69, 9.17) is 0 Å². The molecule has 0 saturated carbocycles. The first-order chi connectivity index (χ1) is 14.0. The van der Waals surface area contributed by atoms with Crippen molar-refractivity contribution in [1.82, 2.24) is 0 Å². The summed E-state index contributed by atoms with van der Waals surface area (Å²) in [6.07, 6.45) is 5.05. The Hall–Kier alpha value is -3.58. The summed E-state index contributed by atoms with van der Waals surface area (Å²) in [6.45, 7) is 0. The van der Waals surface area contributed by atoms with Crippen LogP contribution < -0.4 is 0 Å². The van der Waals surface area contributed by atoms with Crippen molar-refractivity contribution in [2.75, 3.05) is 0 Å². The quantitative estimate of drug-likeness (QED) is 0.241. The van der Waals surface area contributed by atoms with Gasteiger partial charge in [0, 0.05) is 4.48 Å². The van der Waals surface area contributed by atoms with Gasteiger partial charge in [0.15, 0.2) is 0 Å². The molecule has 144 valence electrons. The van der Waals surface area contributed by atoms with Crippen LogP contribution >= 0.6 is 15.9 Å². The van der Waals surface area contributed by atoms with Gasteiger partial charge in [-0.25, -0.2) is 0 Å². The van der Waals surface area contributed by atoms with E-state index in [-0.39, 0.29) is 22.5 Å². The molecule has 0 radical (unpaired) electrons. The molecule has 0 atom stereocenters. The van der Waals surface area contributed by atoms with Gasteiger partial charge >= 0.3 is 0 Å². The van der Waals surface area contributed by atoms with Gasteiger partial charge in [-0.05, 0) is 45.3 Å². The van der Waals surface area contributed by atoms with Crippen molar-refractivity contribution >= 4 is 50.0 Å². The normalized spacial score (nSPS) is 11.6. The molecule has 0 aromatic heterocycles. The molecule has 0 heterocycles. The fourth-order valence-corrected chi connectivity index (χ4v) is 3.33. The summed E-state index contributed by atoms with van der Waals surface area (Å²) in [5, 5.41) is 23.1. The first-order valence-electron chi connectivity index (χ1n) is 8.58. The molecule has 0 aliphatic heterocycles. The summed E-state index contributed by atoms with van der Waals surface area (Å²) in [6, 6.07) is 21.0. The molecule has 0 fully saturated rings. The zero-order valence-corrected chi connectivity index (χ0v) is 16.7. The maximum absolute atomic E-state index is 11.6. The Labute approximate surface area is 175 Å². The monoisotopic (exact) mass is 450 g/mol. The van der Waals surface area contributed by atoms with Crippen LogP contribution in [0.2, 0.25) is 0 Å². The Bertz CT molecular complexity index is 1110. The number of nitro benzene ring substituents is 2. The number of halogens is 1. The van der Waals surface area contributed by atoms with Crippen LogP contribution in [-0.2, 0) is 0 Å². The predicted molar refractivity (Wildman–Crippen MR) is 118 cm³/mol. The minimum atomic E-state index is -0.618. The number of nitrogens with zero attached hydrogens (tertiary/aromatic N) is 2.